The number of anilines is 1. The van der Waals surface area contributed by atoms with Crippen molar-refractivity contribution in [3.8, 4) is 11.5 Å². The molecule has 1 amide bonds. The van der Waals surface area contributed by atoms with Crippen molar-refractivity contribution in [3.63, 3.8) is 0 Å². The van der Waals surface area contributed by atoms with Crippen LogP contribution in [0.4, 0.5) is 5.69 Å². The van der Waals surface area contributed by atoms with E-state index >= 15 is 0 Å². The van der Waals surface area contributed by atoms with Crippen LogP contribution in [0.3, 0.4) is 0 Å². The van der Waals surface area contributed by atoms with E-state index in [1.807, 2.05) is 6.92 Å². The number of hydrogen-bond donors (Lipinski definition) is 2. The van der Waals surface area contributed by atoms with E-state index in [1.165, 1.54) is 31.4 Å². The predicted molar refractivity (Wildman–Crippen MR) is 120 cm³/mol. The van der Waals surface area contributed by atoms with Gasteiger partial charge in [-0.15, -0.1) is 0 Å². The molecule has 0 aliphatic carbocycles. The fourth-order valence-corrected chi connectivity index (χ4v) is 4.55. The third-order valence-electron chi connectivity index (χ3n) is 4.20. The number of rotatable bonds is 9. The Hall–Kier alpha value is -3.31. The smallest absolute Gasteiger partial charge is 0.270 e. The van der Waals surface area contributed by atoms with Crippen molar-refractivity contribution in [2.45, 2.75) is 21.9 Å². The summed E-state index contributed by atoms with van der Waals surface area (Å²) in [5.74, 6) is 0.658. The van der Waals surface area contributed by atoms with Gasteiger partial charge in [0.1, 0.15) is 11.5 Å². The van der Waals surface area contributed by atoms with Gasteiger partial charge >= 0.3 is 0 Å². The Bertz CT molecular complexity index is 1260. The summed E-state index contributed by atoms with van der Waals surface area (Å²) in [5, 5.41) is 2.86. The summed E-state index contributed by atoms with van der Waals surface area (Å²) in [4.78, 5) is 30.5. The zero-order valence-corrected chi connectivity index (χ0v) is 19.0. The van der Waals surface area contributed by atoms with Gasteiger partial charge in [0.25, 0.3) is 5.56 Å². The van der Waals surface area contributed by atoms with Crippen LogP contribution in [0.1, 0.15) is 6.92 Å². The van der Waals surface area contributed by atoms with Crippen LogP contribution in [0.5, 0.6) is 11.5 Å². The molecule has 0 unspecified atom stereocenters. The van der Waals surface area contributed by atoms with E-state index in [2.05, 4.69) is 15.3 Å². The van der Waals surface area contributed by atoms with Gasteiger partial charge in [0, 0.05) is 0 Å². The highest BCUT2D eigenvalue weighted by atomic mass is 32.2. The molecule has 11 heteroatoms. The van der Waals surface area contributed by atoms with E-state index in [9.17, 15) is 18.0 Å². The zero-order chi connectivity index (χ0) is 23.1. The Morgan fingerprint density at radius 3 is 2.53 bits per heavy atom. The van der Waals surface area contributed by atoms with Crippen LogP contribution in [0.25, 0.3) is 0 Å². The molecule has 0 fully saturated rings. The molecule has 1 aromatic heterocycles. The van der Waals surface area contributed by atoms with E-state index in [0.29, 0.717) is 23.8 Å². The molecule has 0 saturated carbocycles. The van der Waals surface area contributed by atoms with E-state index in [-0.39, 0.29) is 21.7 Å². The molecule has 0 aliphatic heterocycles. The van der Waals surface area contributed by atoms with Crippen molar-refractivity contribution in [1.29, 1.82) is 0 Å². The third-order valence-corrected chi connectivity index (χ3v) is 6.85. The number of amides is 1. The molecule has 0 aliphatic rings. The van der Waals surface area contributed by atoms with Gasteiger partial charge in [-0.25, -0.2) is 13.4 Å². The van der Waals surface area contributed by atoms with Gasteiger partial charge < -0.3 is 19.8 Å². The number of methoxy groups -OCH3 is 1. The van der Waals surface area contributed by atoms with E-state index in [0.717, 1.165) is 18.0 Å². The number of carbonyl (C=O) groups excluding carboxylic acids is 1. The Kier molecular flexibility index (Phi) is 7.54. The number of H-pyrrole nitrogens is 1. The number of hydrogen-bond acceptors (Lipinski definition) is 8. The molecule has 0 radical (unpaired) electrons. The van der Waals surface area contributed by atoms with Gasteiger partial charge in [0.05, 0.1) is 36.2 Å². The maximum Gasteiger partial charge on any atom is 0.270 e. The van der Waals surface area contributed by atoms with Gasteiger partial charge in [0.15, 0.2) is 10.1 Å². The Morgan fingerprint density at radius 1 is 1.16 bits per heavy atom. The lowest BCUT2D eigenvalue weighted by molar-refractivity contribution is -0.113. The largest absolute Gasteiger partial charge is 0.497 e. The number of nitrogens with zero attached hydrogens (tertiary/aromatic N) is 1. The fraction of sp³-hybridized carbons (Fsp3) is 0.190. The van der Waals surface area contributed by atoms with Gasteiger partial charge in [-0.3, -0.25) is 9.59 Å². The van der Waals surface area contributed by atoms with E-state index < -0.39 is 20.3 Å². The van der Waals surface area contributed by atoms with Crippen molar-refractivity contribution >= 4 is 33.2 Å². The number of carbonyl (C=O) groups is 1. The first-order valence-corrected chi connectivity index (χ1v) is 11.9. The van der Waals surface area contributed by atoms with Crippen LogP contribution < -0.4 is 20.3 Å². The molecule has 0 saturated heterocycles. The second-order valence-electron chi connectivity index (χ2n) is 6.33. The van der Waals surface area contributed by atoms with Gasteiger partial charge in [0.2, 0.25) is 15.7 Å². The molecule has 1 heterocycles. The molecule has 9 nitrogen and oxygen atoms in total. The van der Waals surface area contributed by atoms with Crippen LogP contribution in [0, 0.1) is 0 Å². The summed E-state index contributed by atoms with van der Waals surface area (Å²) in [6.07, 6.45) is 0.989. The minimum Gasteiger partial charge on any atom is -0.497 e. The number of nitrogens with one attached hydrogen (secondary N) is 2. The number of aromatic nitrogens is 2. The van der Waals surface area contributed by atoms with Gasteiger partial charge in [-0.2, -0.15) is 0 Å². The quantitative estimate of drug-likeness (QED) is 0.357. The maximum atomic E-state index is 12.7. The average molecular weight is 476 g/mol. The second-order valence-corrected chi connectivity index (χ2v) is 9.21. The zero-order valence-electron chi connectivity index (χ0n) is 17.3. The molecule has 0 atom stereocenters. The molecule has 32 heavy (non-hydrogen) atoms. The minimum atomic E-state index is -4.06. The molecule has 2 aromatic carbocycles. The molecule has 0 bridgehead atoms. The van der Waals surface area contributed by atoms with Crippen molar-refractivity contribution in [2.75, 3.05) is 24.8 Å². The Labute approximate surface area is 189 Å². The predicted octanol–water partition coefficient (Wildman–Crippen LogP) is 2.74. The Balaban J connectivity index is 1.69. The molecule has 0 spiro atoms. The summed E-state index contributed by atoms with van der Waals surface area (Å²) in [7, 11) is -2.59. The monoisotopic (exact) mass is 475 g/mol. The van der Waals surface area contributed by atoms with Crippen LogP contribution >= 0.6 is 11.8 Å². The van der Waals surface area contributed by atoms with Crippen LogP contribution in [0.15, 0.2) is 74.5 Å². The summed E-state index contributed by atoms with van der Waals surface area (Å²) < 4.78 is 36.0. The summed E-state index contributed by atoms with van der Waals surface area (Å²) in [5.41, 5.74) is -0.289. The molecule has 3 rings (SSSR count). The molecule has 2 N–H and O–H groups in total. The topological polar surface area (TPSA) is 127 Å². The molecular formula is C21H21N3O6S2. The average Bonchev–Trinajstić information content (AvgIpc) is 2.79. The van der Waals surface area contributed by atoms with Gasteiger partial charge in [-0.1, -0.05) is 23.9 Å². The fourth-order valence-electron chi connectivity index (χ4n) is 2.68. The second kappa shape index (κ2) is 10.3. The van der Waals surface area contributed by atoms with E-state index in [1.54, 1.807) is 24.3 Å². The van der Waals surface area contributed by atoms with Crippen molar-refractivity contribution in [2.24, 2.45) is 0 Å². The highest BCUT2D eigenvalue weighted by Gasteiger charge is 2.22. The number of aromatic amines is 1. The lowest BCUT2D eigenvalue weighted by atomic mass is 10.3. The molecule has 168 valence electrons. The normalized spacial score (nSPS) is 11.1. The number of thioether (sulfide) groups is 1. The van der Waals surface area contributed by atoms with Crippen LogP contribution in [0.2, 0.25) is 0 Å². The molecular weight excluding hydrogens is 454 g/mol. The van der Waals surface area contributed by atoms with Crippen LogP contribution in [-0.2, 0) is 14.6 Å². The number of sulfone groups is 1. The van der Waals surface area contributed by atoms with Crippen molar-refractivity contribution in [1.82, 2.24) is 9.97 Å². The maximum absolute atomic E-state index is 12.7. The standard InChI is InChI=1S/C21H21N3O6S2/c1-3-30-17-7-5-4-6-16(17)23-19(25)13-31-21-22-12-18(20(26)24-21)32(27,28)15-10-8-14(29-2)9-11-15/h4-12H,3,13H2,1-2H3,(H,23,25)(H,22,24,26). The van der Waals surface area contributed by atoms with Crippen molar-refractivity contribution < 1.29 is 22.7 Å². The lowest BCUT2D eigenvalue weighted by Gasteiger charge is -2.11. The summed E-state index contributed by atoms with van der Waals surface area (Å²) in [6.45, 7) is 2.30. The summed E-state index contributed by atoms with van der Waals surface area (Å²) >= 11 is 0.970. The lowest BCUT2D eigenvalue weighted by Crippen LogP contribution is -2.20. The van der Waals surface area contributed by atoms with Crippen molar-refractivity contribution in [3.05, 3.63) is 65.1 Å². The Morgan fingerprint density at radius 2 is 1.88 bits per heavy atom. The van der Waals surface area contributed by atoms with E-state index in [4.69, 9.17) is 9.47 Å². The number of benzene rings is 2. The minimum absolute atomic E-state index is 0.0476. The third kappa shape index (κ3) is 5.48. The molecule has 3 aromatic rings. The first-order chi connectivity index (χ1) is 15.3. The number of para-hydroxylation sites is 2. The van der Waals surface area contributed by atoms with Crippen LogP contribution in [-0.4, -0.2) is 43.8 Å². The summed E-state index contributed by atoms with van der Waals surface area (Å²) in [6, 6.07) is 12.7. The first-order valence-electron chi connectivity index (χ1n) is 9.48. The first kappa shape index (κ1) is 23.4. The highest BCUT2D eigenvalue weighted by molar-refractivity contribution is 7.99. The number of ether oxygens (including phenoxy) is 2. The highest BCUT2D eigenvalue weighted by Crippen LogP contribution is 2.24. The van der Waals surface area contributed by atoms with Gasteiger partial charge in [-0.05, 0) is 43.3 Å². The SMILES string of the molecule is CCOc1ccccc1NC(=O)CSc1ncc(S(=O)(=O)c2ccc(OC)cc2)c(=O)[nH]1.